The third-order valence-corrected chi connectivity index (χ3v) is 4.99. The molecule has 2 heterocycles. The Morgan fingerprint density at radius 2 is 2.15 bits per heavy atom. The molecule has 1 spiro atoms. The Morgan fingerprint density at radius 3 is 2.90 bits per heavy atom. The minimum absolute atomic E-state index is 0.0437. The molecule has 1 aromatic carbocycles. The highest BCUT2D eigenvalue weighted by Crippen LogP contribution is 2.45. The summed E-state index contributed by atoms with van der Waals surface area (Å²) in [6.07, 6.45) is 3.02. The molecular formula is C16H22BrNO2. The lowest BCUT2D eigenvalue weighted by Crippen LogP contribution is -2.50. The van der Waals surface area contributed by atoms with Gasteiger partial charge in [-0.15, -0.1) is 0 Å². The van der Waals surface area contributed by atoms with E-state index in [-0.39, 0.29) is 17.7 Å². The van der Waals surface area contributed by atoms with Crippen molar-refractivity contribution < 1.29 is 9.47 Å². The molecule has 1 aromatic rings. The zero-order chi connectivity index (χ0) is 14.3. The van der Waals surface area contributed by atoms with Gasteiger partial charge < -0.3 is 15.2 Å². The van der Waals surface area contributed by atoms with Crippen molar-refractivity contribution in [1.29, 1.82) is 0 Å². The Hall–Kier alpha value is -0.580. The molecule has 0 bridgehead atoms. The number of halogens is 1. The molecule has 2 aliphatic rings. The van der Waals surface area contributed by atoms with Crippen molar-refractivity contribution in [2.75, 3.05) is 6.61 Å². The third kappa shape index (κ3) is 2.61. The fraction of sp³-hybridized carbons (Fsp3) is 0.625. The molecule has 0 aromatic heterocycles. The molecule has 110 valence electrons. The van der Waals surface area contributed by atoms with Crippen LogP contribution in [0, 0.1) is 5.92 Å². The zero-order valence-corrected chi connectivity index (χ0v) is 13.7. The van der Waals surface area contributed by atoms with Crippen LogP contribution >= 0.6 is 15.9 Å². The van der Waals surface area contributed by atoms with Gasteiger partial charge in [0.2, 0.25) is 0 Å². The average Bonchev–Trinajstić information content (AvgIpc) is 2.40. The Balaban J connectivity index is 1.88. The van der Waals surface area contributed by atoms with Gasteiger partial charge in [0.1, 0.15) is 11.4 Å². The first-order valence-corrected chi connectivity index (χ1v) is 8.14. The number of ether oxygens (including phenoxy) is 2. The van der Waals surface area contributed by atoms with E-state index < -0.39 is 0 Å². The predicted molar refractivity (Wildman–Crippen MR) is 82.9 cm³/mol. The maximum absolute atomic E-state index is 6.40. The van der Waals surface area contributed by atoms with Crippen molar-refractivity contribution in [3.05, 3.63) is 28.2 Å². The molecule has 0 aliphatic carbocycles. The largest absolute Gasteiger partial charge is 0.487 e. The highest BCUT2D eigenvalue weighted by atomic mass is 79.9. The molecule has 2 unspecified atom stereocenters. The maximum Gasteiger partial charge on any atom is 0.124 e. The second-order valence-electron chi connectivity index (χ2n) is 6.39. The van der Waals surface area contributed by atoms with Gasteiger partial charge in [0.25, 0.3) is 0 Å². The molecule has 4 heteroatoms. The summed E-state index contributed by atoms with van der Waals surface area (Å²) in [7, 11) is 0. The normalized spacial score (nSPS) is 33.0. The minimum atomic E-state index is -0.145. The maximum atomic E-state index is 6.40. The van der Waals surface area contributed by atoms with Crippen molar-refractivity contribution in [1.82, 2.24) is 0 Å². The summed E-state index contributed by atoms with van der Waals surface area (Å²) in [5.41, 5.74) is 7.36. The second kappa shape index (κ2) is 5.32. The van der Waals surface area contributed by atoms with E-state index in [1.807, 2.05) is 12.1 Å². The van der Waals surface area contributed by atoms with Crippen LogP contribution in [0.3, 0.4) is 0 Å². The molecule has 3 atom stereocenters. The monoisotopic (exact) mass is 339 g/mol. The Kier molecular flexibility index (Phi) is 3.82. The highest BCUT2D eigenvalue weighted by Gasteiger charge is 2.44. The molecule has 3 nitrogen and oxygen atoms in total. The van der Waals surface area contributed by atoms with E-state index in [1.165, 1.54) is 0 Å². The minimum Gasteiger partial charge on any atom is -0.487 e. The number of rotatable bonds is 1. The van der Waals surface area contributed by atoms with Gasteiger partial charge in [-0.25, -0.2) is 0 Å². The Bertz CT molecular complexity index is 505. The molecule has 1 saturated heterocycles. The first-order chi connectivity index (χ1) is 9.49. The van der Waals surface area contributed by atoms with Crippen LogP contribution in [0.2, 0.25) is 0 Å². The van der Waals surface area contributed by atoms with Crippen LogP contribution in [0.1, 0.15) is 44.7 Å². The summed E-state index contributed by atoms with van der Waals surface area (Å²) in [4.78, 5) is 0. The number of benzene rings is 1. The molecule has 2 N–H and O–H groups in total. The van der Waals surface area contributed by atoms with Crippen LogP contribution in [-0.4, -0.2) is 18.3 Å². The van der Waals surface area contributed by atoms with Crippen LogP contribution in [0.25, 0.3) is 0 Å². The van der Waals surface area contributed by atoms with E-state index in [0.29, 0.717) is 5.92 Å². The van der Waals surface area contributed by atoms with Crippen molar-refractivity contribution in [2.24, 2.45) is 11.7 Å². The summed E-state index contributed by atoms with van der Waals surface area (Å²) in [5.74, 6) is 1.45. The second-order valence-corrected chi connectivity index (χ2v) is 7.30. The summed E-state index contributed by atoms with van der Waals surface area (Å²) < 4.78 is 13.3. The summed E-state index contributed by atoms with van der Waals surface area (Å²) in [6, 6.07) is 6.16. The Labute approximate surface area is 129 Å². The van der Waals surface area contributed by atoms with Gasteiger partial charge in [-0.1, -0.05) is 29.8 Å². The molecule has 1 fully saturated rings. The van der Waals surface area contributed by atoms with E-state index in [2.05, 4.69) is 35.8 Å². The van der Waals surface area contributed by atoms with E-state index >= 15 is 0 Å². The quantitative estimate of drug-likeness (QED) is 0.846. The fourth-order valence-electron chi connectivity index (χ4n) is 3.32. The van der Waals surface area contributed by atoms with Gasteiger partial charge in [0.15, 0.2) is 0 Å². The summed E-state index contributed by atoms with van der Waals surface area (Å²) in [6.45, 7) is 5.18. The smallest absolute Gasteiger partial charge is 0.124 e. The van der Waals surface area contributed by atoms with Crippen LogP contribution < -0.4 is 10.5 Å². The molecule has 0 amide bonds. The van der Waals surface area contributed by atoms with Gasteiger partial charge in [-0.2, -0.15) is 0 Å². The highest BCUT2D eigenvalue weighted by molar-refractivity contribution is 9.10. The van der Waals surface area contributed by atoms with E-state index in [4.69, 9.17) is 15.2 Å². The van der Waals surface area contributed by atoms with Gasteiger partial charge in [-0.05, 0) is 24.1 Å². The van der Waals surface area contributed by atoms with Crippen LogP contribution in [0.5, 0.6) is 5.75 Å². The summed E-state index contributed by atoms with van der Waals surface area (Å²) in [5, 5.41) is 0. The van der Waals surface area contributed by atoms with Crippen molar-refractivity contribution in [2.45, 2.75) is 50.9 Å². The molecule has 0 radical (unpaired) electrons. The van der Waals surface area contributed by atoms with Crippen LogP contribution in [-0.2, 0) is 4.74 Å². The standard InChI is InChI=1S/C16H22BrNO2/c1-10(2)15-9-16(5-6-19-15)8-13(18)12-7-11(17)3-4-14(12)20-16/h3-4,7,10,13,15H,5-6,8-9,18H2,1-2H3/t13-,15?,16?/m1/s1. The van der Waals surface area contributed by atoms with E-state index in [0.717, 1.165) is 41.7 Å². The lowest BCUT2D eigenvalue weighted by atomic mass is 9.78. The lowest BCUT2D eigenvalue weighted by molar-refractivity contribution is -0.115. The zero-order valence-electron chi connectivity index (χ0n) is 12.1. The van der Waals surface area contributed by atoms with E-state index in [9.17, 15) is 0 Å². The van der Waals surface area contributed by atoms with Gasteiger partial charge in [0.05, 0.1) is 12.7 Å². The molecule has 0 saturated carbocycles. The summed E-state index contributed by atoms with van der Waals surface area (Å²) >= 11 is 3.50. The molecule has 2 aliphatic heterocycles. The molecule has 3 rings (SSSR count). The average molecular weight is 340 g/mol. The van der Waals surface area contributed by atoms with Gasteiger partial charge in [-0.3, -0.25) is 0 Å². The number of fused-ring (bicyclic) bond motifs is 1. The first kappa shape index (κ1) is 14.4. The lowest BCUT2D eigenvalue weighted by Gasteiger charge is -2.46. The fourth-order valence-corrected chi connectivity index (χ4v) is 3.70. The number of hydrogen-bond donors (Lipinski definition) is 1. The predicted octanol–water partition coefficient (Wildman–Crippen LogP) is 3.81. The van der Waals surface area contributed by atoms with Gasteiger partial charge in [0, 0.05) is 35.3 Å². The molecule has 20 heavy (non-hydrogen) atoms. The van der Waals surface area contributed by atoms with Gasteiger partial charge >= 0.3 is 0 Å². The van der Waals surface area contributed by atoms with Crippen molar-refractivity contribution in [3.8, 4) is 5.75 Å². The van der Waals surface area contributed by atoms with Crippen molar-refractivity contribution in [3.63, 3.8) is 0 Å². The van der Waals surface area contributed by atoms with E-state index in [1.54, 1.807) is 0 Å². The number of hydrogen-bond acceptors (Lipinski definition) is 3. The third-order valence-electron chi connectivity index (χ3n) is 4.50. The van der Waals surface area contributed by atoms with Crippen LogP contribution in [0.15, 0.2) is 22.7 Å². The molecular weight excluding hydrogens is 318 g/mol. The topological polar surface area (TPSA) is 44.5 Å². The first-order valence-electron chi connectivity index (χ1n) is 7.35. The van der Waals surface area contributed by atoms with Crippen molar-refractivity contribution >= 4 is 15.9 Å². The number of nitrogens with two attached hydrogens (primary N) is 1. The SMILES string of the molecule is CC(C)C1CC2(CCO1)C[C@@H](N)c1cc(Br)ccc1O2. The van der Waals surface area contributed by atoms with Crippen LogP contribution in [0.4, 0.5) is 0 Å². The Morgan fingerprint density at radius 1 is 1.35 bits per heavy atom.